The lowest BCUT2D eigenvalue weighted by Gasteiger charge is -2.48. The van der Waals surface area contributed by atoms with E-state index < -0.39 is 89.6 Å². The third-order valence-corrected chi connectivity index (χ3v) is 12.3. The number of likely N-dealkylation sites (N-methyl/N-ethyl adjacent to an activating group) is 1. The Morgan fingerprint density at radius 3 is 2.47 bits per heavy atom. The third-order valence-electron chi connectivity index (χ3n) is 12.3. The fraction of sp³-hybridized carbons (Fsp3) is 0.732. The summed E-state index contributed by atoms with van der Waals surface area (Å²) in [7, 11) is 3.77. The van der Waals surface area contributed by atoms with Gasteiger partial charge in [0, 0.05) is 29.4 Å². The fourth-order valence-corrected chi connectivity index (χ4v) is 9.11. The quantitative estimate of drug-likeness (QED) is 0.255. The van der Waals surface area contributed by atoms with Crippen LogP contribution in [0.4, 0.5) is 4.79 Å². The van der Waals surface area contributed by atoms with Crippen LogP contribution < -0.4 is 11.1 Å². The number of nitrogens with two attached hydrogens (primary N) is 1. The van der Waals surface area contributed by atoms with Crippen molar-refractivity contribution in [2.75, 3.05) is 27.3 Å². The van der Waals surface area contributed by atoms with Gasteiger partial charge in [-0.05, 0) is 78.7 Å². The first kappa shape index (κ1) is 44.4. The van der Waals surface area contributed by atoms with E-state index in [4.69, 9.17) is 39.0 Å². The monoisotopic (exact) mass is 802 g/mol. The van der Waals surface area contributed by atoms with Crippen LogP contribution in [0.2, 0.25) is 0 Å². The number of nitrogens with zero attached hydrogens (tertiary/aromatic N) is 2. The van der Waals surface area contributed by atoms with Crippen LogP contribution in [0.5, 0.6) is 0 Å². The molecule has 0 unspecified atom stereocenters. The fourth-order valence-electron chi connectivity index (χ4n) is 9.11. The number of rotatable bonds is 8. The molecule has 2 amide bonds. The van der Waals surface area contributed by atoms with Gasteiger partial charge >= 0.3 is 12.1 Å². The minimum absolute atomic E-state index is 0.0126. The summed E-state index contributed by atoms with van der Waals surface area (Å²) >= 11 is 0. The highest BCUT2D eigenvalue weighted by atomic mass is 16.7. The van der Waals surface area contributed by atoms with Gasteiger partial charge in [0.05, 0.1) is 49.1 Å². The van der Waals surface area contributed by atoms with Crippen molar-refractivity contribution in [2.24, 2.45) is 34.6 Å². The summed E-state index contributed by atoms with van der Waals surface area (Å²) in [6, 6.07) is 5.62. The Morgan fingerprint density at radius 1 is 1.09 bits per heavy atom. The predicted octanol–water partition coefficient (Wildman–Crippen LogP) is 3.35. The molecule has 4 aliphatic heterocycles. The van der Waals surface area contributed by atoms with Crippen molar-refractivity contribution in [3.63, 3.8) is 0 Å². The van der Waals surface area contributed by atoms with Gasteiger partial charge in [-0.15, -0.1) is 0 Å². The van der Waals surface area contributed by atoms with Crippen molar-refractivity contribution in [2.45, 2.75) is 141 Å². The molecule has 4 N–H and O–H groups in total. The lowest BCUT2D eigenvalue weighted by Crippen LogP contribution is -2.60. The normalized spacial score (nSPS) is 40.2. The van der Waals surface area contributed by atoms with Gasteiger partial charge in [0.15, 0.2) is 11.9 Å². The van der Waals surface area contributed by atoms with Crippen LogP contribution in [0, 0.1) is 23.7 Å². The molecule has 57 heavy (non-hydrogen) atoms. The summed E-state index contributed by atoms with van der Waals surface area (Å²) in [5.41, 5.74) is 4.18. The zero-order valence-corrected chi connectivity index (χ0v) is 34.9. The van der Waals surface area contributed by atoms with Gasteiger partial charge in [-0.1, -0.05) is 45.0 Å². The molecule has 318 valence electrons. The van der Waals surface area contributed by atoms with Gasteiger partial charge in [0.1, 0.15) is 30.3 Å². The van der Waals surface area contributed by atoms with Crippen molar-refractivity contribution >= 4 is 29.5 Å². The van der Waals surface area contributed by atoms with Crippen molar-refractivity contribution in [3.05, 3.63) is 35.4 Å². The molecule has 1 aromatic carbocycles. The second-order valence-corrected chi connectivity index (χ2v) is 17.0. The molecule has 14 atom stereocenters. The Bertz CT molecular complexity index is 1660. The third kappa shape index (κ3) is 9.63. The molecule has 4 fully saturated rings. The van der Waals surface area contributed by atoms with E-state index in [9.17, 15) is 24.3 Å². The van der Waals surface area contributed by atoms with E-state index >= 15 is 0 Å². The maximum atomic E-state index is 14.5. The van der Waals surface area contributed by atoms with Crippen LogP contribution >= 0.6 is 0 Å². The highest BCUT2D eigenvalue weighted by Crippen LogP contribution is 2.42. The minimum atomic E-state index is -1.34. The van der Waals surface area contributed by atoms with Gasteiger partial charge in [0.2, 0.25) is 5.91 Å². The first-order valence-corrected chi connectivity index (χ1v) is 20.0. The van der Waals surface area contributed by atoms with E-state index in [1.807, 2.05) is 53.6 Å². The number of carbonyl (C=O) groups is 4. The SMILES string of the molecule is CC[C@H]1OC(=O)[C@H](C)[C@H]2OC/C(=N\OCc3cccc(C(N)=O)c3)CO[C@](C)(C[C@@H](C)C(=O)[C@H](C)[C@H]3NC(=O)O[C@@]31C)[C@H](O[C@@H]1O[C@H](C)C[C@H](N(C)C)[C@H]1O)[C@H]2C. The zero-order valence-electron chi connectivity index (χ0n) is 34.9. The van der Waals surface area contributed by atoms with Crippen molar-refractivity contribution in [3.8, 4) is 0 Å². The second kappa shape index (κ2) is 18.1. The van der Waals surface area contributed by atoms with E-state index in [1.165, 1.54) is 0 Å². The average molecular weight is 803 g/mol. The molecule has 0 spiro atoms. The number of nitrogens with one attached hydrogen (secondary N) is 1. The highest BCUT2D eigenvalue weighted by Gasteiger charge is 2.57. The predicted molar refractivity (Wildman–Crippen MR) is 207 cm³/mol. The van der Waals surface area contributed by atoms with Crippen molar-refractivity contribution < 1.29 is 57.5 Å². The Balaban J connectivity index is 1.59. The number of fused-ring (bicyclic) bond motifs is 4. The Labute approximate surface area is 335 Å². The number of alkyl carbamates (subject to hydrolysis) is 1. The van der Waals surface area contributed by atoms with E-state index in [1.54, 1.807) is 45.0 Å². The van der Waals surface area contributed by atoms with Crippen LogP contribution in [-0.2, 0) is 49.5 Å². The number of hydrogen-bond donors (Lipinski definition) is 3. The largest absolute Gasteiger partial charge is 0.458 e. The summed E-state index contributed by atoms with van der Waals surface area (Å²) < 4.78 is 38.6. The van der Waals surface area contributed by atoms with Gasteiger partial charge < -0.3 is 54.3 Å². The van der Waals surface area contributed by atoms with Crippen molar-refractivity contribution in [1.82, 2.24) is 10.2 Å². The molecule has 0 saturated carbocycles. The Kier molecular flexibility index (Phi) is 14.1. The van der Waals surface area contributed by atoms with Crippen LogP contribution in [0.1, 0.15) is 90.6 Å². The van der Waals surface area contributed by atoms with Crippen LogP contribution in [0.15, 0.2) is 29.4 Å². The number of Topliss-reactive ketones (excluding diaryl/α,β-unsaturated/α-hetero) is 1. The van der Waals surface area contributed by atoms with E-state index in [-0.39, 0.29) is 44.2 Å². The number of aliphatic hydroxyl groups excluding tert-OH is 1. The van der Waals surface area contributed by atoms with Crippen LogP contribution in [-0.4, -0.2) is 127 Å². The van der Waals surface area contributed by atoms with Gasteiger partial charge in [-0.3, -0.25) is 14.4 Å². The van der Waals surface area contributed by atoms with E-state index in [0.717, 1.165) is 0 Å². The molecule has 0 aliphatic carbocycles. The first-order valence-electron chi connectivity index (χ1n) is 20.0. The van der Waals surface area contributed by atoms with E-state index in [0.29, 0.717) is 29.7 Å². The molecule has 2 bridgehead atoms. The number of hydrogen-bond acceptors (Lipinski definition) is 14. The number of ketones is 1. The zero-order chi connectivity index (χ0) is 42.0. The molecule has 4 heterocycles. The topological polar surface area (TPSA) is 207 Å². The number of amides is 2. The first-order chi connectivity index (χ1) is 26.8. The number of benzene rings is 1. The molecule has 4 aliphatic rings. The maximum absolute atomic E-state index is 14.5. The minimum Gasteiger partial charge on any atom is -0.458 e. The summed E-state index contributed by atoms with van der Waals surface area (Å²) in [6.07, 6.45) is -4.78. The van der Waals surface area contributed by atoms with Gasteiger partial charge in [-0.2, -0.15) is 0 Å². The molecule has 4 saturated heterocycles. The number of oxime groups is 1. The van der Waals surface area contributed by atoms with Crippen molar-refractivity contribution in [1.29, 1.82) is 0 Å². The molecule has 16 nitrogen and oxygen atoms in total. The lowest BCUT2D eigenvalue weighted by molar-refractivity contribution is -0.302. The summed E-state index contributed by atoms with van der Waals surface area (Å²) in [5, 5.41) is 18.9. The van der Waals surface area contributed by atoms with Crippen LogP contribution in [0.3, 0.4) is 0 Å². The summed E-state index contributed by atoms with van der Waals surface area (Å²) in [5.74, 6) is -4.27. The molecule has 0 aromatic heterocycles. The maximum Gasteiger partial charge on any atom is 0.408 e. The molecular weight excluding hydrogens is 740 g/mol. The molecule has 5 rings (SSSR count). The van der Waals surface area contributed by atoms with Crippen LogP contribution in [0.25, 0.3) is 0 Å². The Hall–Kier alpha value is -3.67. The molecule has 16 heteroatoms. The van der Waals surface area contributed by atoms with Gasteiger partial charge in [0.25, 0.3) is 0 Å². The van der Waals surface area contributed by atoms with Gasteiger partial charge in [-0.25, -0.2) is 4.79 Å². The lowest BCUT2D eigenvalue weighted by atomic mass is 9.73. The standard InChI is InChI=1S/C41H62N4O12/c1-11-30-41(8)34(43-39(50)57-41)23(4)31(46)21(2)17-40(7)35(56-38-32(47)29(45(9)10)15-22(3)54-38)24(5)33(25(6)37(49)55-30)51-19-28(20-52-40)44-53-18-26-13-12-14-27(16-26)36(42)48/h12-14,16,21-25,29-30,32-35,38,47H,11,15,17-20H2,1-10H3,(H2,42,48)(H,43,50)/b44-28+/t21-,22-,23+,24+,25-,29+,30-,32-,33+,34-,35-,38+,40-,41-/m1/s1. The number of aliphatic hydroxyl groups is 1. The second-order valence-electron chi connectivity index (χ2n) is 17.0. The number of esters is 1. The Morgan fingerprint density at radius 2 is 1.81 bits per heavy atom. The number of primary amides is 1. The number of ether oxygens (including phenoxy) is 6. The average Bonchev–Trinajstić information content (AvgIpc) is 3.49. The summed E-state index contributed by atoms with van der Waals surface area (Å²) in [6.45, 7) is 14.2. The molecule has 0 radical (unpaired) electrons. The molecule has 1 aromatic rings. The van der Waals surface area contributed by atoms with E-state index in [2.05, 4.69) is 10.5 Å². The summed E-state index contributed by atoms with van der Waals surface area (Å²) in [4.78, 5) is 61.0. The molecular formula is C41H62N4O12. The highest BCUT2D eigenvalue weighted by molar-refractivity contribution is 5.93. The smallest absolute Gasteiger partial charge is 0.408 e. The number of carbonyl (C=O) groups excluding carboxylic acids is 4. The number of cyclic esters (lactones) is 1.